The zero-order valence-corrected chi connectivity index (χ0v) is 13.6. The van der Waals surface area contributed by atoms with Crippen molar-refractivity contribution in [2.75, 3.05) is 33.9 Å². The third-order valence-electron chi connectivity index (χ3n) is 3.58. The van der Waals surface area contributed by atoms with Crippen LogP contribution in [0.15, 0.2) is 18.2 Å². The van der Waals surface area contributed by atoms with Crippen LogP contribution in [0.5, 0.6) is 11.5 Å². The van der Waals surface area contributed by atoms with Crippen LogP contribution in [-0.2, 0) is 4.79 Å². The number of rotatable bonds is 8. The topological polar surface area (TPSA) is 50.8 Å². The van der Waals surface area contributed by atoms with Crippen molar-refractivity contribution in [1.29, 1.82) is 0 Å². The molecule has 1 unspecified atom stereocenters. The summed E-state index contributed by atoms with van der Waals surface area (Å²) in [4.78, 5) is 13.8. The second-order valence-electron chi connectivity index (χ2n) is 4.78. The standard InChI is InChI=1S/C16H26N2O3/c1-6-18(7-2)16(19)11-17-12(3)14-10-13(20-4)8-9-15(14)21-5/h8-10,12,17H,6-7,11H2,1-5H3. The summed E-state index contributed by atoms with van der Waals surface area (Å²) in [5.41, 5.74) is 0.976. The summed E-state index contributed by atoms with van der Waals surface area (Å²) in [6.45, 7) is 7.74. The molecule has 1 N–H and O–H groups in total. The van der Waals surface area contributed by atoms with Gasteiger partial charge in [-0.2, -0.15) is 0 Å². The fraction of sp³-hybridized carbons (Fsp3) is 0.562. The molecule has 1 aromatic carbocycles. The largest absolute Gasteiger partial charge is 0.497 e. The molecule has 0 bridgehead atoms. The molecule has 0 aliphatic rings. The van der Waals surface area contributed by atoms with E-state index >= 15 is 0 Å². The van der Waals surface area contributed by atoms with Crippen molar-refractivity contribution >= 4 is 5.91 Å². The lowest BCUT2D eigenvalue weighted by Gasteiger charge is -2.22. The van der Waals surface area contributed by atoms with E-state index in [-0.39, 0.29) is 11.9 Å². The Morgan fingerprint density at radius 3 is 2.43 bits per heavy atom. The highest BCUT2D eigenvalue weighted by atomic mass is 16.5. The number of carbonyl (C=O) groups excluding carboxylic acids is 1. The van der Waals surface area contributed by atoms with Gasteiger partial charge in [0.1, 0.15) is 11.5 Å². The SMILES string of the molecule is CCN(CC)C(=O)CNC(C)c1cc(OC)ccc1OC. The fourth-order valence-electron chi connectivity index (χ4n) is 2.22. The minimum absolute atomic E-state index is 0.00503. The highest BCUT2D eigenvalue weighted by Crippen LogP contribution is 2.29. The summed E-state index contributed by atoms with van der Waals surface area (Å²) in [5, 5.41) is 3.25. The average molecular weight is 294 g/mol. The molecule has 1 rings (SSSR count). The molecule has 1 atom stereocenters. The van der Waals surface area contributed by atoms with E-state index in [1.54, 1.807) is 14.2 Å². The number of ether oxygens (including phenoxy) is 2. The highest BCUT2D eigenvalue weighted by Gasteiger charge is 2.15. The molecule has 0 fully saturated rings. The molecule has 0 radical (unpaired) electrons. The van der Waals surface area contributed by atoms with Crippen molar-refractivity contribution in [3.63, 3.8) is 0 Å². The molecule has 0 heterocycles. The van der Waals surface area contributed by atoms with Crippen LogP contribution >= 0.6 is 0 Å². The second kappa shape index (κ2) is 8.52. The summed E-state index contributed by atoms with van der Waals surface area (Å²) < 4.78 is 10.6. The third kappa shape index (κ3) is 4.63. The molecule has 118 valence electrons. The first-order chi connectivity index (χ1) is 10.1. The number of carbonyl (C=O) groups is 1. The molecule has 0 aromatic heterocycles. The van der Waals surface area contributed by atoms with E-state index < -0.39 is 0 Å². The minimum atomic E-state index is -0.00503. The van der Waals surface area contributed by atoms with Gasteiger partial charge in [0, 0.05) is 24.7 Å². The summed E-state index contributed by atoms with van der Waals surface area (Å²) >= 11 is 0. The number of hydrogen-bond acceptors (Lipinski definition) is 4. The maximum atomic E-state index is 12.0. The van der Waals surface area contributed by atoms with E-state index in [1.165, 1.54) is 0 Å². The molecular formula is C16H26N2O3. The van der Waals surface area contributed by atoms with Crippen LogP contribution in [0.2, 0.25) is 0 Å². The van der Waals surface area contributed by atoms with Gasteiger partial charge in [-0.1, -0.05) is 0 Å². The molecule has 5 nitrogen and oxygen atoms in total. The lowest BCUT2D eigenvalue weighted by atomic mass is 10.1. The predicted molar refractivity (Wildman–Crippen MR) is 83.9 cm³/mol. The van der Waals surface area contributed by atoms with Gasteiger partial charge in [0.15, 0.2) is 0 Å². The van der Waals surface area contributed by atoms with Crippen molar-refractivity contribution in [3.8, 4) is 11.5 Å². The molecule has 21 heavy (non-hydrogen) atoms. The molecule has 0 saturated heterocycles. The zero-order chi connectivity index (χ0) is 15.8. The van der Waals surface area contributed by atoms with Gasteiger partial charge in [0.05, 0.1) is 20.8 Å². The Bertz CT molecular complexity index is 459. The number of hydrogen-bond donors (Lipinski definition) is 1. The van der Waals surface area contributed by atoms with Crippen molar-refractivity contribution in [3.05, 3.63) is 23.8 Å². The Balaban J connectivity index is 2.75. The second-order valence-corrected chi connectivity index (χ2v) is 4.78. The smallest absolute Gasteiger partial charge is 0.236 e. The van der Waals surface area contributed by atoms with E-state index in [2.05, 4.69) is 5.32 Å². The Hall–Kier alpha value is -1.75. The molecule has 1 aromatic rings. The zero-order valence-electron chi connectivity index (χ0n) is 13.6. The lowest BCUT2D eigenvalue weighted by Crippen LogP contribution is -2.38. The Morgan fingerprint density at radius 1 is 1.24 bits per heavy atom. The molecule has 0 aliphatic heterocycles. The van der Waals surface area contributed by atoms with E-state index in [1.807, 2.05) is 43.9 Å². The molecule has 1 amide bonds. The first kappa shape index (κ1) is 17.3. The molecule has 5 heteroatoms. The third-order valence-corrected chi connectivity index (χ3v) is 3.58. The molecule has 0 spiro atoms. The number of methoxy groups -OCH3 is 2. The van der Waals surface area contributed by atoms with Gasteiger partial charge in [-0.25, -0.2) is 0 Å². The Kier molecular flexibility index (Phi) is 7.02. The monoisotopic (exact) mass is 294 g/mol. The van der Waals surface area contributed by atoms with Crippen molar-refractivity contribution < 1.29 is 14.3 Å². The average Bonchev–Trinajstić information content (AvgIpc) is 2.52. The van der Waals surface area contributed by atoms with E-state index in [0.717, 1.165) is 30.2 Å². The number of likely N-dealkylation sites (N-methyl/N-ethyl adjacent to an activating group) is 1. The number of amides is 1. The summed E-state index contributed by atoms with van der Waals surface area (Å²) in [7, 11) is 3.27. The van der Waals surface area contributed by atoms with Crippen LogP contribution in [0.4, 0.5) is 0 Å². The van der Waals surface area contributed by atoms with Crippen LogP contribution in [0.25, 0.3) is 0 Å². The van der Waals surface area contributed by atoms with Gasteiger partial charge in [-0.3, -0.25) is 4.79 Å². The van der Waals surface area contributed by atoms with Gasteiger partial charge in [0.2, 0.25) is 5.91 Å². The maximum Gasteiger partial charge on any atom is 0.236 e. The van der Waals surface area contributed by atoms with Crippen LogP contribution in [0.3, 0.4) is 0 Å². The van der Waals surface area contributed by atoms with Crippen LogP contribution in [0, 0.1) is 0 Å². The summed E-state index contributed by atoms with van der Waals surface area (Å²) in [5.74, 6) is 1.66. The molecule has 0 saturated carbocycles. The minimum Gasteiger partial charge on any atom is -0.497 e. The summed E-state index contributed by atoms with van der Waals surface area (Å²) in [6.07, 6.45) is 0. The molecule has 0 aliphatic carbocycles. The van der Waals surface area contributed by atoms with E-state index in [0.29, 0.717) is 6.54 Å². The van der Waals surface area contributed by atoms with Crippen molar-refractivity contribution in [2.24, 2.45) is 0 Å². The van der Waals surface area contributed by atoms with Gasteiger partial charge in [-0.05, 0) is 39.0 Å². The summed E-state index contributed by atoms with van der Waals surface area (Å²) in [6, 6.07) is 5.65. The van der Waals surface area contributed by atoms with Crippen molar-refractivity contribution in [1.82, 2.24) is 10.2 Å². The molecular weight excluding hydrogens is 268 g/mol. The normalized spacial score (nSPS) is 11.9. The van der Waals surface area contributed by atoms with E-state index in [9.17, 15) is 4.79 Å². The quantitative estimate of drug-likeness (QED) is 0.799. The van der Waals surface area contributed by atoms with Crippen LogP contribution in [0.1, 0.15) is 32.4 Å². The first-order valence-electron chi connectivity index (χ1n) is 7.30. The van der Waals surface area contributed by atoms with Gasteiger partial charge >= 0.3 is 0 Å². The number of benzene rings is 1. The fourth-order valence-corrected chi connectivity index (χ4v) is 2.22. The van der Waals surface area contributed by atoms with Crippen molar-refractivity contribution in [2.45, 2.75) is 26.8 Å². The number of nitrogens with one attached hydrogen (secondary N) is 1. The van der Waals surface area contributed by atoms with Gasteiger partial charge in [0.25, 0.3) is 0 Å². The highest BCUT2D eigenvalue weighted by molar-refractivity contribution is 5.78. The Labute approximate surface area is 127 Å². The van der Waals surface area contributed by atoms with Crippen LogP contribution in [-0.4, -0.2) is 44.7 Å². The van der Waals surface area contributed by atoms with Gasteiger partial charge in [-0.15, -0.1) is 0 Å². The van der Waals surface area contributed by atoms with Crippen LogP contribution < -0.4 is 14.8 Å². The predicted octanol–water partition coefficient (Wildman–Crippen LogP) is 2.22. The Morgan fingerprint density at radius 2 is 1.90 bits per heavy atom. The van der Waals surface area contributed by atoms with E-state index in [4.69, 9.17) is 9.47 Å². The number of nitrogens with zero attached hydrogens (tertiary/aromatic N) is 1. The first-order valence-corrected chi connectivity index (χ1v) is 7.30. The van der Waals surface area contributed by atoms with Gasteiger partial charge < -0.3 is 19.7 Å². The maximum absolute atomic E-state index is 12.0. The lowest BCUT2D eigenvalue weighted by molar-refractivity contribution is -0.129.